The molecule has 0 aromatic rings. The van der Waals surface area contributed by atoms with Crippen molar-refractivity contribution in [1.82, 2.24) is 5.32 Å². The quantitative estimate of drug-likeness (QED) is 0.0149. The molecule has 1 rings (SSSR count). The van der Waals surface area contributed by atoms with Crippen LogP contribution in [0.1, 0.15) is 226 Å². The van der Waals surface area contributed by atoms with Crippen molar-refractivity contribution in [2.75, 3.05) is 19.8 Å². The van der Waals surface area contributed by atoms with Gasteiger partial charge in [-0.3, -0.25) is 9.59 Å². The highest BCUT2D eigenvalue weighted by Gasteiger charge is 2.44. The summed E-state index contributed by atoms with van der Waals surface area (Å²) in [5.41, 5.74) is 0. The van der Waals surface area contributed by atoms with Gasteiger partial charge in [0, 0.05) is 12.8 Å². The fraction of sp³-hybridized carbons (Fsp3) is 0.763. The Labute approximate surface area is 426 Å². The van der Waals surface area contributed by atoms with E-state index in [1.165, 1.54) is 83.5 Å². The molecule has 1 amide bonds. The fourth-order valence-electron chi connectivity index (χ4n) is 8.22. The molecule has 1 aliphatic rings. The van der Waals surface area contributed by atoms with Crippen LogP contribution >= 0.6 is 0 Å². The molecule has 1 fully saturated rings. The standard InChI is InChI=1S/C59H103NO10/c1-3-5-7-9-11-13-15-17-23-27-31-35-39-43-47-55(64)68-48-44-40-36-32-28-24-20-18-19-22-26-30-34-38-42-46-54(63)60-51(50-69-59-58(67)57(66)56(65)53(49-61)70-59)52(62)45-41-37-33-29-25-21-16-14-12-10-8-6-4-2/h9,11,15,17-18,20,24-25,28-29,41,45,51-53,56-59,61-62,65-67H,3-8,10,12-14,16,19,21-23,26-27,30-40,42-44,46-50H2,1-2H3,(H,60,63)/b11-9-,17-15-,20-18-,28-24-,29-25+,45-41+. The Bertz CT molecular complexity index is 1390. The van der Waals surface area contributed by atoms with Gasteiger partial charge in [0.2, 0.25) is 5.91 Å². The third-order valence-corrected chi connectivity index (χ3v) is 12.8. The summed E-state index contributed by atoms with van der Waals surface area (Å²) in [4.78, 5) is 25.1. The van der Waals surface area contributed by atoms with Crippen LogP contribution < -0.4 is 5.32 Å². The molecule has 0 aromatic heterocycles. The first-order chi connectivity index (χ1) is 34.2. The van der Waals surface area contributed by atoms with Crippen LogP contribution in [0.3, 0.4) is 0 Å². The number of nitrogens with one attached hydrogen (secondary N) is 1. The van der Waals surface area contributed by atoms with Gasteiger partial charge in [0.15, 0.2) is 6.29 Å². The highest BCUT2D eigenvalue weighted by Crippen LogP contribution is 2.23. The van der Waals surface area contributed by atoms with E-state index in [1.54, 1.807) is 6.08 Å². The minimum atomic E-state index is -1.59. The van der Waals surface area contributed by atoms with Crippen molar-refractivity contribution in [2.45, 2.75) is 269 Å². The highest BCUT2D eigenvalue weighted by atomic mass is 16.7. The summed E-state index contributed by atoms with van der Waals surface area (Å²) in [6.45, 7) is 4.18. The summed E-state index contributed by atoms with van der Waals surface area (Å²) < 4.78 is 16.6. The molecule has 0 radical (unpaired) electrons. The largest absolute Gasteiger partial charge is 0.466 e. The van der Waals surface area contributed by atoms with Gasteiger partial charge in [-0.05, 0) is 103 Å². The first-order valence-corrected chi connectivity index (χ1v) is 28.2. The van der Waals surface area contributed by atoms with Gasteiger partial charge in [-0.1, -0.05) is 183 Å². The second kappa shape index (κ2) is 48.4. The number of amides is 1. The summed E-state index contributed by atoms with van der Waals surface area (Å²) in [6, 6.07) is -0.846. The molecular formula is C59H103NO10. The molecule has 11 heteroatoms. The monoisotopic (exact) mass is 986 g/mol. The second-order valence-corrected chi connectivity index (χ2v) is 19.3. The lowest BCUT2D eigenvalue weighted by Crippen LogP contribution is -2.60. The number of allylic oxidation sites excluding steroid dienone is 11. The van der Waals surface area contributed by atoms with E-state index >= 15 is 0 Å². The normalized spacial score (nSPS) is 19.8. The Morgan fingerprint density at radius 3 is 1.63 bits per heavy atom. The minimum absolute atomic E-state index is 0.0577. The maximum atomic E-state index is 13.0. The van der Waals surface area contributed by atoms with Crippen molar-refractivity contribution in [3.63, 3.8) is 0 Å². The molecule has 70 heavy (non-hydrogen) atoms. The van der Waals surface area contributed by atoms with Crippen molar-refractivity contribution in [2.24, 2.45) is 0 Å². The molecule has 1 saturated heterocycles. The number of aliphatic hydroxyl groups excluding tert-OH is 5. The van der Waals surface area contributed by atoms with Crippen molar-refractivity contribution < 1.29 is 49.3 Å². The molecule has 7 unspecified atom stereocenters. The number of carbonyl (C=O) groups excluding carboxylic acids is 2. The van der Waals surface area contributed by atoms with Gasteiger partial charge < -0.3 is 45.1 Å². The van der Waals surface area contributed by atoms with E-state index in [0.717, 1.165) is 116 Å². The molecule has 0 saturated carbocycles. The summed E-state index contributed by atoms with van der Waals surface area (Å²) in [5.74, 6) is -0.275. The molecule has 6 N–H and O–H groups in total. The Morgan fingerprint density at radius 1 is 0.543 bits per heavy atom. The molecule has 7 atom stereocenters. The highest BCUT2D eigenvalue weighted by molar-refractivity contribution is 5.76. The SMILES string of the molecule is CCCC/C=C\C/C=C\CCCCCCCC(=O)OCCCCC/C=C\C=C/CCCCCCCCC(=O)NC(COC1OC(CO)C(O)C(O)C1O)C(O)/C=C/CC/C=C/CCCCCCCCC. The number of carbonyl (C=O) groups is 2. The lowest BCUT2D eigenvalue weighted by molar-refractivity contribution is -0.302. The van der Waals surface area contributed by atoms with Gasteiger partial charge in [0.05, 0.1) is 32.0 Å². The number of unbranched alkanes of at least 4 members (excludes halogenated alkanes) is 24. The number of rotatable bonds is 47. The Morgan fingerprint density at radius 2 is 1.03 bits per heavy atom. The zero-order chi connectivity index (χ0) is 51.0. The predicted molar refractivity (Wildman–Crippen MR) is 287 cm³/mol. The molecule has 404 valence electrons. The van der Waals surface area contributed by atoms with Crippen LogP contribution in [0.4, 0.5) is 0 Å². The molecule has 0 aromatic carbocycles. The van der Waals surface area contributed by atoms with E-state index in [0.29, 0.717) is 19.4 Å². The average Bonchev–Trinajstić information content (AvgIpc) is 3.36. The van der Waals surface area contributed by atoms with E-state index in [1.807, 2.05) is 6.08 Å². The topological polar surface area (TPSA) is 175 Å². The zero-order valence-corrected chi connectivity index (χ0v) is 44.2. The van der Waals surface area contributed by atoms with Crippen molar-refractivity contribution in [3.8, 4) is 0 Å². The molecule has 0 bridgehead atoms. The summed E-state index contributed by atoms with van der Waals surface area (Å²) in [7, 11) is 0. The second-order valence-electron chi connectivity index (χ2n) is 19.3. The lowest BCUT2D eigenvalue weighted by atomic mass is 9.99. The van der Waals surface area contributed by atoms with Gasteiger partial charge in [-0.15, -0.1) is 0 Å². The van der Waals surface area contributed by atoms with Gasteiger partial charge in [-0.2, -0.15) is 0 Å². The number of esters is 1. The average molecular weight is 986 g/mol. The van der Waals surface area contributed by atoms with E-state index in [4.69, 9.17) is 14.2 Å². The van der Waals surface area contributed by atoms with Crippen molar-refractivity contribution in [1.29, 1.82) is 0 Å². The van der Waals surface area contributed by atoms with Crippen molar-refractivity contribution in [3.05, 3.63) is 72.9 Å². The summed E-state index contributed by atoms with van der Waals surface area (Å²) in [6.07, 6.45) is 52.6. The number of aliphatic hydroxyl groups is 5. The van der Waals surface area contributed by atoms with Crippen LogP contribution in [-0.4, -0.2) is 100 Å². The molecule has 0 spiro atoms. The summed E-state index contributed by atoms with van der Waals surface area (Å²) in [5, 5.41) is 54.3. The third-order valence-electron chi connectivity index (χ3n) is 12.8. The van der Waals surface area contributed by atoms with Crippen LogP contribution in [0.5, 0.6) is 0 Å². The smallest absolute Gasteiger partial charge is 0.305 e. The van der Waals surface area contributed by atoms with Gasteiger partial charge in [0.25, 0.3) is 0 Å². The maximum Gasteiger partial charge on any atom is 0.305 e. The van der Waals surface area contributed by atoms with Crippen LogP contribution in [0.15, 0.2) is 72.9 Å². The number of hydrogen-bond acceptors (Lipinski definition) is 10. The molecular weight excluding hydrogens is 883 g/mol. The maximum absolute atomic E-state index is 13.0. The Hall–Kier alpha value is -2.90. The van der Waals surface area contributed by atoms with E-state index in [2.05, 4.69) is 79.9 Å². The van der Waals surface area contributed by atoms with Crippen molar-refractivity contribution >= 4 is 11.9 Å². The minimum Gasteiger partial charge on any atom is -0.466 e. The molecule has 1 heterocycles. The zero-order valence-electron chi connectivity index (χ0n) is 44.2. The van der Waals surface area contributed by atoms with Gasteiger partial charge in [-0.25, -0.2) is 0 Å². The van der Waals surface area contributed by atoms with E-state index < -0.39 is 49.5 Å². The van der Waals surface area contributed by atoms with Crippen LogP contribution in [0.25, 0.3) is 0 Å². The summed E-state index contributed by atoms with van der Waals surface area (Å²) >= 11 is 0. The first-order valence-electron chi connectivity index (χ1n) is 28.2. The lowest BCUT2D eigenvalue weighted by Gasteiger charge is -2.40. The van der Waals surface area contributed by atoms with E-state index in [9.17, 15) is 35.1 Å². The van der Waals surface area contributed by atoms with Gasteiger partial charge in [0.1, 0.15) is 24.4 Å². The van der Waals surface area contributed by atoms with Crippen LogP contribution in [0, 0.1) is 0 Å². The fourth-order valence-corrected chi connectivity index (χ4v) is 8.22. The Balaban J connectivity index is 2.19. The molecule has 0 aliphatic carbocycles. The predicted octanol–water partition coefficient (Wildman–Crippen LogP) is 12.4. The molecule has 1 aliphatic heterocycles. The number of hydrogen-bond donors (Lipinski definition) is 6. The number of ether oxygens (including phenoxy) is 3. The molecule has 11 nitrogen and oxygen atoms in total. The third kappa shape index (κ3) is 37.8. The van der Waals surface area contributed by atoms with E-state index in [-0.39, 0.29) is 18.5 Å². The van der Waals surface area contributed by atoms with Gasteiger partial charge >= 0.3 is 5.97 Å². The van der Waals surface area contributed by atoms with Crippen LogP contribution in [0.2, 0.25) is 0 Å². The Kier molecular flexibility index (Phi) is 45.0. The van der Waals surface area contributed by atoms with Crippen LogP contribution in [-0.2, 0) is 23.8 Å². The first kappa shape index (κ1) is 65.1.